The molecule has 172 valence electrons. The number of hydrogen-bond donors (Lipinski definition) is 1. The molecule has 2 aromatic heterocycles. The quantitative estimate of drug-likeness (QED) is 0.635. The number of aryl methyl sites for hydroxylation is 2. The molecule has 0 unspecified atom stereocenters. The van der Waals surface area contributed by atoms with Crippen molar-refractivity contribution in [1.29, 1.82) is 0 Å². The molecule has 6 rings (SSSR count). The molecule has 0 bridgehead atoms. The fraction of sp³-hybridized carbons (Fsp3) is 0.480. The molecule has 0 spiro atoms. The van der Waals surface area contributed by atoms with Crippen molar-refractivity contribution in [2.45, 2.75) is 57.4 Å². The molecule has 1 amide bonds. The van der Waals surface area contributed by atoms with Crippen LogP contribution in [0.25, 0.3) is 10.2 Å². The number of ether oxygens (including phenoxy) is 2. The molecule has 1 aliphatic carbocycles. The summed E-state index contributed by atoms with van der Waals surface area (Å²) >= 11 is 1.33. The molecule has 0 radical (unpaired) electrons. The van der Waals surface area contributed by atoms with Crippen LogP contribution < -0.4 is 20.3 Å². The monoisotopic (exact) mass is 465 g/mol. The number of carbonyl (C=O) groups is 1. The van der Waals surface area contributed by atoms with Crippen LogP contribution in [0.4, 0.5) is 0 Å². The number of hydrogen-bond acceptors (Lipinski definition) is 6. The van der Waals surface area contributed by atoms with Crippen molar-refractivity contribution in [3.8, 4) is 11.5 Å². The first-order chi connectivity index (χ1) is 16.1. The maximum Gasteiger partial charge on any atom is 0.262 e. The minimum Gasteiger partial charge on any atom is -0.486 e. The van der Waals surface area contributed by atoms with E-state index in [1.807, 2.05) is 13.0 Å². The number of nitrogens with zero attached hydrogens (tertiary/aromatic N) is 2. The Morgan fingerprint density at radius 1 is 1.18 bits per heavy atom. The van der Waals surface area contributed by atoms with Gasteiger partial charge in [0, 0.05) is 24.9 Å². The lowest BCUT2D eigenvalue weighted by molar-refractivity contribution is 0.0946. The predicted molar refractivity (Wildman–Crippen MR) is 127 cm³/mol. The third-order valence-corrected chi connectivity index (χ3v) is 8.60. The van der Waals surface area contributed by atoms with Gasteiger partial charge in [0.1, 0.15) is 23.9 Å². The maximum absolute atomic E-state index is 13.3. The van der Waals surface area contributed by atoms with Gasteiger partial charge < -0.3 is 14.8 Å². The first-order valence-electron chi connectivity index (χ1n) is 11.8. The fourth-order valence-corrected chi connectivity index (χ4v) is 6.72. The van der Waals surface area contributed by atoms with Gasteiger partial charge in [0.05, 0.1) is 10.3 Å². The Bertz CT molecular complexity index is 1320. The maximum atomic E-state index is 13.3. The van der Waals surface area contributed by atoms with E-state index in [1.54, 1.807) is 4.57 Å². The van der Waals surface area contributed by atoms with Gasteiger partial charge in [-0.1, -0.05) is 18.9 Å². The third-order valence-electron chi connectivity index (χ3n) is 7.42. The van der Waals surface area contributed by atoms with Crippen molar-refractivity contribution in [3.05, 3.63) is 50.4 Å². The normalized spacial score (nSPS) is 18.5. The van der Waals surface area contributed by atoms with E-state index >= 15 is 0 Å². The summed E-state index contributed by atoms with van der Waals surface area (Å²) in [6.07, 6.45) is 6.09. The van der Waals surface area contributed by atoms with E-state index in [4.69, 9.17) is 14.5 Å². The molecule has 33 heavy (non-hydrogen) atoms. The molecule has 1 fully saturated rings. The molecule has 0 saturated heterocycles. The molecule has 1 saturated carbocycles. The second kappa shape index (κ2) is 7.87. The first kappa shape index (κ1) is 20.7. The number of carbonyl (C=O) groups excluding carboxylic acids is 1. The SMILES string of the molecule is Cc1c(C(=O)NCC2(c3ccc4c(c3)OCCO4)CCCC2)sc2nc3n(c(=O)c12)CCC3. The highest BCUT2D eigenvalue weighted by molar-refractivity contribution is 7.20. The van der Waals surface area contributed by atoms with Crippen molar-refractivity contribution in [1.82, 2.24) is 14.9 Å². The molecule has 1 aromatic carbocycles. The highest BCUT2D eigenvalue weighted by atomic mass is 32.1. The van der Waals surface area contributed by atoms with E-state index in [9.17, 15) is 9.59 Å². The summed E-state index contributed by atoms with van der Waals surface area (Å²) in [5.74, 6) is 2.29. The van der Waals surface area contributed by atoms with E-state index in [1.165, 1.54) is 16.9 Å². The lowest BCUT2D eigenvalue weighted by Gasteiger charge is -2.31. The first-order valence-corrected chi connectivity index (χ1v) is 12.6. The lowest BCUT2D eigenvalue weighted by atomic mass is 9.78. The average Bonchev–Trinajstić information content (AvgIpc) is 3.57. The molecular formula is C25H27N3O4S. The molecule has 2 aliphatic heterocycles. The molecule has 0 atom stereocenters. The highest BCUT2D eigenvalue weighted by Gasteiger charge is 2.37. The Balaban J connectivity index is 1.28. The van der Waals surface area contributed by atoms with E-state index in [-0.39, 0.29) is 16.9 Å². The van der Waals surface area contributed by atoms with Crippen LogP contribution in [-0.2, 0) is 18.4 Å². The van der Waals surface area contributed by atoms with Crippen molar-refractivity contribution >= 4 is 27.5 Å². The molecule has 8 heteroatoms. The summed E-state index contributed by atoms with van der Waals surface area (Å²) in [5.41, 5.74) is 1.81. The van der Waals surface area contributed by atoms with Crippen molar-refractivity contribution in [2.24, 2.45) is 0 Å². The number of fused-ring (bicyclic) bond motifs is 3. The largest absolute Gasteiger partial charge is 0.486 e. The standard InChI is InChI=1S/C25H27N3O4S/c1-15-20-23(27-19-5-4-10-28(19)24(20)30)33-21(15)22(29)26-14-25(8-2-3-9-25)16-6-7-17-18(13-16)32-12-11-31-17/h6-7,13H,2-5,8-12,14H2,1H3,(H,26,29). The van der Waals surface area contributed by atoms with E-state index < -0.39 is 0 Å². The summed E-state index contributed by atoms with van der Waals surface area (Å²) in [6, 6.07) is 6.19. The predicted octanol–water partition coefficient (Wildman–Crippen LogP) is 3.73. The van der Waals surface area contributed by atoms with Crippen LogP contribution >= 0.6 is 11.3 Å². The number of amides is 1. The van der Waals surface area contributed by atoms with E-state index in [0.717, 1.165) is 61.4 Å². The van der Waals surface area contributed by atoms with Crippen molar-refractivity contribution in [2.75, 3.05) is 19.8 Å². The van der Waals surface area contributed by atoms with Crippen LogP contribution in [-0.4, -0.2) is 35.2 Å². The highest BCUT2D eigenvalue weighted by Crippen LogP contribution is 2.44. The topological polar surface area (TPSA) is 82.4 Å². The summed E-state index contributed by atoms with van der Waals surface area (Å²) < 4.78 is 13.3. The second-order valence-corrected chi connectivity index (χ2v) is 10.4. The van der Waals surface area contributed by atoms with Gasteiger partial charge in [-0.2, -0.15) is 0 Å². The fourth-order valence-electron chi connectivity index (χ4n) is 5.61. The van der Waals surface area contributed by atoms with Crippen LogP contribution in [0.2, 0.25) is 0 Å². The third kappa shape index (κ3) is 3.34. The molecule has 3 aromatic rings. The minimum absolute atomic E-state index is 0.0103. The van der Waals surface area contributed by atoms with Gasteiger partial charge in [0.25, 0.3) is 11.5 Å². The molecular weight excluding hydrogens is 438 g/mol. The van der Waals surface area contributed by atoms with Crippen LogP contribution in [0.15, 0.2) is 23.0 Å². The van der Waals surface area contributed by atoms with Gasteiger partial charge in [0.15, 0.2) is 11.5 Å². The van der Waals surface area contributed by atoms with Gasteiger partial charge in [-0.15, -0.1) is 11.3 Å². The minimum atomic E-state index is -0.121. The van der Waals surface area contributed by atoms with Crippen molar-refractivity contribution in [3.63, 3.8) is 0 Å². The van der Waals surface area contributed by atoms with Gasteiger partial charge in [-0.25, -0.2) is 4.98 Å². The number of thiophene rings is 1. The number of benzene rings is 1. The van der Waals surface area contributed by atoms with Crippen LogP contribution in [0.5, 0.6) is 11.5 Å². The van der Waals surface area contributed by atoms with Gasteiger partial charge in [0.2, 0.25) is 0 Å². The van der Waals surface area contributed by atoms with E-state index in [2.05, 4.69) is 17.4 Å². The average molecular weight is 466 g/mol. The van der Waals surface area contributed by atoms with Crippen LogP contribution in [0.3, 0.4) is 0 Å². The zero-order valence-electron chi connectivity index (χ0n) is 18.7. The Labute approximate surface area is 195 Å². The van der Waals surface area contributed by atoms with Crippen LogP contribution in [0.1, 0.15) is 58.7 Å². The Morgan fingerprint density at radius 2 is 1.97 bits per heavy atom. The Kier molecular flexibility index (Phi) is 4.94. The summed E-state index contributed by atoms with van der Waals surface area (Å²) in [7, 11) is 0. The summed E-state index contributed by atoms with van der Waals surface area (Å²) in [4.78, 5) is 32.2. The second-order valence-electron chi connectivity index (χ2n) is 9.35. The Hall–Kier alpha value is -2.87. The number of rotatable bonds is 4. The number of nitrogens with one attached hydrogen (secondary N) is 1. The number of aromatic nitrogens is 2. The molecule has 1 N–H and O–H groups in total. The molecule has 3 aliphatic rings. The van der Waals surface area contributed by atoms with Crippen molar-refractivity contribution < 1.29 is 14.3 Å². The van der Waals surface area contributed by atoms with Crippen LogP contribution in [0, 0.1) is 6.92 Å². The summed E-state index contributed by atoms with van der Waals surface area (Å²) in [6.45, 7) is 4.27. The zero-order valence-corrected chi connectivity index (χ0v) is 19.6. The van der Waals surface area contributed by atoms with E-state index in [0.29, 0.717) is 41.4 Å². The Morgan fingerprint density at radius 3 is 2.79 bits per heavy atom. The van der Waals surface area contributed by atoms with Gasteiger partial charge in [-0.3, -0.25) is 14.2 Å². The molecule has 4 heterocycles. The lowest BCUT2D eigenvalue weighted by Crippen LogP contribution is -2.39. The summed E-state index contributed by atoms with van der Waals surface area (Å²) in [5, 5.41) is 3.80. The molecule has 7 nitrogen and oxygen atoms in total. The van der Waals surface area contributed by atoms with Gasteiger partial charge in [-0.05, 0) is 49.4 Å². The smallest absolute Gasteiger partial charge is 0.262 e. The zero-order chi connectivity index (χ0) is 22.6. The van der Waals surface area contributed by atoms with Gasteiger partial charge >= 0.3 is 0 Å².